The molecule has 5 aliphatic heterocycles. The van der Waals surface area contributed by atoms with Crippen LogP contribution in [0.25, 0.3) is 10.9 Å². The van der Waals surface area contributed by atoms with Crippen LogP contribution in [-0.2, 0) is 37.5 Å². The molecule has 2 aromatic heterocycles. The Balaban J connectivity index is 1.11. The molecule has 4 saturated heterocycles. The summed E-state index contributed by atoms with van der Waals surface area (Å²) in [6.45, 7) is 8.40. The van der Waals surface area contributed by atoms with Crippen LogP contribution in [0, 0.1) is 0 Å². The minimum atomic E-state index is -1.81. The Morgan fingerprint density at radius 3 is 2.44 bits per heavy atom. The fraction of sp³-hybridized carbons (Fsp3) is 0.474. The normalized spacial score (nSPS) is 24.4. The monoisotopic (exact) mass is 853 g/mol. The second-order valence-electron chi connectivity index (χ2n) is 15.8. The van der Waals surface area contributed by atoms with Crippen molar-refractivity contribution in [2.75, 3.05) is 38.5 Å². The summed E-state index contributed by atoms with van der Waals surface area (Å²) in [6, 6.07) is -0.00651. The molecule has 0 saturated carbocycles. The summed E-state index contributed by atoms with van der Waals surface area (Å²) in [6.07, 6.45) is 2.92. The first kappa shape index (κ1) is 41.5. The number of aryl methyl sites for hydroxylation is 2. The average molecular weight is 854 g/mol. The molecule has 0 spiro atoms. The number of amides is 3. The molecule has 314 valence electrons. The van der Waals surface area contributed by atoms with E-state index in [9.17, 15) is 49.2 Å². The van der Waals surface area contributed by atoms with E-state index in [-0.39, 0.29) is 51.2 Å². The van der Waals surface area contributed by atoms with Crippen LogP contribution in [0.15, 0.2) is 38.9 Å². The summed E-state index contributed by atoms with van der Waals surface area (Å²) in [4.78, 5) is 92.2. The summed E-state index contributed by atoms with van der Waals surface area (Å²) in [5.74, 6) is -5.37. The number of pyridine rings is 1. The van der Waals surface area contributed by atoms with E-state index in [4.69, 9.17) is 10.6 Å². The number of nitrogens with two attached hydrogens (primary N) is 1. The molecule has 7 heterocycles. The van der Waals surface area contributed by atoms with Crippen LogP contribution in [-0.4, -0.2) is 141 Å². The number of hydrogen-bond donors (Lipinski definition) is 6. The molecular formula is C38H45N8O11S2+. The zero-order valence-corrected chi connectivity index (χ0v) is 34.6. The van der Waals surface area contributed by atoms with Crippen molar-refractivity contribution in [3.63, 3.8) is 0 Å². The van der Waals surface area contributed by atoms with E-state index in [0.29, 0.717) is 61.1 Å². The van der Waals surface area contributed by atoms with Crippen LogP contribution in [0.1, 0.15) is 62.2 Å². The highest BCUT2D eigenvalue weighted by molar-refractivity contribution is 8.00. The van der Waals surface area contributed by atoms with Crippen LogP contribution < -0.4 is 16.5 Å². The number of piperidine rings is 1. The molecule has 21 heteroatoms. The number of aromatic nitrogens is 2. The first-order valence-corrected chi connectivity index (χ1v) is 20.8. The molecule has 19 nitrogen and oxygen atoms in total. The lowest BCUT2D eigenvalue weighted by molar-refractivity contribution is -0.925. The summed E-state index contributed by atoms with van der Waals surface area (Å²) in [5.41, 5.74) is 4.01. The molecule has 2 bridgehead atoms. The van der Waals surface area contributed by atoms with E-state index in [0.717, 1.165) is 11.3 Å². The number of phenolic OH excluding ortho intramolecular Hbond substituents is 2. The van der Waals surface area contributed by atoms with Gasteiger partial charge in [-0.2, -0.15) is 0 Å². The van der Waals surface area contributed by atoms with Gasteiger partial charge in [-0.25, -0.2) is 14.6 Å². The second-order valence-corrected chi connectivity index (χ2v) is 18.1. The first-order valence-electron chi connectivity index (χ1n) is 19.0. The number of thiazole rings is 1. The number of carboxylic acid groups (broad SMARTS) is 2. The molecule has 59 heavy (non-hydrogen) atoms. The predicted octanol–water partition coefficient (Wildman–Crippen LogP) is 1.40. The Morgan fingerprint density at radius 1 is 1.14 bits per heavy atom. The van der Waals surface area contributed by atoms with Gasteiger partial charge in [0, 0.05) is 60.0 Å². The number of carboxylic acids is 2. The summed E-state index contributed by atoms with van der Waals surface area (Å²) >= 11 is 2.33. The summed E-state index contributed by atoms with van der Waals surface area (Å²) < 4.78 is 2.06. The number of oxime groups is 1. The number of aliphatic carboxylic acids is 2. The van der Waals surface area contributed by atoms with Gasteiger partial charge in [0.15, 0.2) is 22.3 Å². The van der Waals surface area contributed by atoms with E-state index in [1.54, 1.807) is 23.4 Å². The number of carbonyl (C=O) groups is 5. The molecule has 4 fully saturated rings. The van der Waals surface area contributed by atoms with E-state index < -0.39 is 68.8 Å². The highest BCUT2D eigenvalue weighted by Gasteiger charge is 2.57. The number of thioether (sulfide) groups is 1. The molecule has 3 atom stereocenters. The first-order chi connectivity index (χ1) is 27.8. The molecule has 5 aliphatic rings. The molecule has 3 amide bonds. The van der Waals surface area contributed by atoms with Crippen molar-refractivity contribution < 1.29 is 53.7 Å². The lowest BCUT2D eigenvalue weighted by Gasteiger charge is -2.52. The number of carbonyl (C=O) groups excluding carboxylic acids is 3. The van der Waals surface area contributed by atoms with Gasteiger partial charge >= 0.3 is 11.9 Å². The largest absolute Gasteiger partial charge is 0.504 e. The number of nitrogens with zero attached hydrogens (tertiary/aromatic N) is 6. The molecule has 0 radical (unpaired) electrons. The topological polar surface area (TPSA) is 267 Å². The van der Waals surface area contributed by atoms with Crippen molar-refractivity contribution in [3.05, 3.63) is 56.0 Å². The maximum Gasteiger partial charge on any atom is 0.352 e. The number of aromatic hydroxyl groups is 2. The number of benzene rings is 1. The van der Waals surface area contributed by atoms with Crippen molar-refractivity contribution in [3.8, 4) is 11.5 Å². The number of fused-ring (bicyclic) bond motifs is 6. The van der Waals surface area contributed by atoms with Crippen molar-refractivity contribution in [2.45, 2.75) is 75.3 Å². The Morgan fingerprint density at radius 2 is 1.83 bits per heavy atom. The fourth-order valence-electron chi connectivity index (χ4n) is 8.41. The van der Waals surface area contributed by atoms with Gasteiger partial charge in [0.2, 0.25) is 11.0 Å². The third-order valence-electron chi connectivity index (χ3n) is 11.8. The zero-order valence-electron chi connectivity index (χ0n) is 32.9. The SMILES string of the molecule is CCc1c(O)c(O)cc2c1c(=O)c(C(=O)N1CC[N+]3(CC4=C(C(=O)O)N5C(=O)[C@@H](NC(=O)/C(=N\OC(C)(C)C(=O)O)c6csc(N)n6)[C@H]5S[C@H]4C)CCC1CC3)cn2C. The Hall–Kier alpha value is -5.67. The number of quaternary nitrogens is 1. The van der Waals surface area contributed by atoms with Gasteiger partial charge in [0.05, 0.1) is 37.1 Å². The third-order valence-corrected chi connectivity index (χ3v) is 13.9. The van der Waals surface area contributed by atoms with Gasteiger partial charge in [0.25, 0.3) is 17.7 Å². The van der Waals surface area contributed by atoms with Crippen LogP contribution in [0.5, 0.6) is 11.5 Å². The third kappa shape index (κ3) is 7.13. The molecule has 1 aromatic carbocycles. The fourth-order valence-corrected chi connectivity index (χ4v) is 10.4. The van der Waals surface area contributed by atoms with E-state index in [1.165, 1.54) is 48.2 Å². The van der Waals surface area contributed by atoms with Crippen LogP contribution in [0.3, 0.4) is 0 Å². The quantitative estimate of drug-likeness (QED) is 0.0524. The lowest BCUT2D eigenvalue weighted by Crippen LogP contribution is -2.72. The number of phenols is 2. The van der Waals surface area contributed by atoms with Gasteiger partial charge in [-0.3, -0.25) is 24.1 Å². The highest BCUT2D eigenvalue weighted by Crippen LogP contribution is 2.45. The molecule has 0 aliphatic carbocycles. The number of anilines is 1. The lowest BCUT2D eigenvalue weighted by atomic mass is 9.97. The van der Waals surface area contributed by atoms with Crippen molar-refractivity contribution >= 4 is 74.5 Å². The standard InChI is InChI=1S/C38H44N8O11S2/c1-6-19-25-23(13-24(47)29(19)48)43(5)14-20(30(25)49)32(51)44-9-12-46(10-7-18(44)8-11-46)15-21-17(2)59-34-27(33(52)45(34)28(21)35(53)54)41-31(50)26(22-16-58-37(39)40-22)42-57-38(3,4)36(55)56/h13-14,16-18,27,34H,6-12,15H2,1-5H3,(H6-,39,40,41,42,47,48,49,50,53,54,55,56)/p+1/t17-,18?,27+,34+,46?/m0/s1. The smallest absolute Gasteiger partial charge is 0.352 e. The minimum absolute atomic E-state index is 0.00454. The second kappa shape index (κ2) is 15.2. The Bertz CT molecular complexity index is 2430. The van der Waals surface area contributed by atoms with Crippen molar-refractivity contribution in [1.82, 2.24) is 24.7 Å². The number of hydrogen-bond acceptors (Lipinski definition) is 14. The number of nitrogen functional groups attached to an aromatic ring is 1. The molecule has 7 N–H and O–H groups in total. The zero-order chi connectivity index (χ0) is 42.9. The van der Waals surface area contributed by atoms with Crippen LogP contribution >= 0.6 is 23.1 Å². The molecule has 8 rings (SSSR count). The van der Waals surface area contributed by atoms with Crippen molar-refractivity contribution in [2.24, 2.45) is 12.2 Å². The maximum atomic E-state index is 14.2. The molecule has 0 unspecified atom stereocenters. The van der Waals surface area contributed by atoms with Gasteiger partial charge in [-0.15, -0.1) is 23.1 Å². The van der Waals surface area contributed by atoms with Crippen LogP contribution in [0.4, 0.5) is 5.13 Å². The van der Waals surface area contributed by atoms with Gasteiger partial charge in [0.1, 0.15) is 34.9 Å². The van der Waals surface area contributed by atoms with E-state index in [1.807, 2.05) is 6.92 Å². The summed E-state index contributed by atoms with van der Waals surface area (Å²) in [5, 5.41) is 47.8. The van der Waals surface area contributed by atoms with E-state index in [2.05, 4.69) is 15.5 Å². The van der Waals surface area contributed by atoms with Crippen molar-refractivity contribution in [1.29, 1.82) is 0 Å². The van der Waals surface area contributed by atoms with E-state index >= 15 is 0 Å². The Kier molecular flexibility index (Phi) is 10.7. The predicted molar refractivity (Wildman–Crippen MR) is 216 cm³/mol. The number of nitrogens with one attached hydrogen (secondary N) is 1. The number of rotatable bonds is 11. The minimum Gasteiger partial charge on any atom is -0.504 e. The maximum absolute atomic E-state index is 14.2. The highest BCUT2D eigenvalue weighted by atomic mass is 32.2. The number of β-lactam (4-membered cyclic amide) rings is 1. The molecule has 3 aromatic rings. The molecular weight excluding hydrogens is 809 g/mol. The van der Waals surface area contributed by atoms with Gasteiger partial charge in [-0.05, 0) is 27.2 Å². The van der Waals surface area contributed by atoms with Gasteiger partial charge < -0.3 is 50.3 Å². The van der Waals surface area contributed by atoms with Crippen LogP contribution in [0.2, 0.25) is 0 Å². The Labute approximate surface area is 345 Å². The summed E-state index contributed by atoms with van der Waals surface area (Å²) in [7, 11) is 1.67. The van der Waals surface area contributed by atoms with Gasteiger partial charge in [-0.1, -0.05) is 12.1 Å². The average Bonchev–Trinajstić information content (AvgIpc) is 3.43.